The summed E-state index contributed by atoms with van der Waals surface area (Å²) >= 11 is 11.7. The molecule has 0 bridgehead atoms. The van der Waals surface area contributed by atoms with Crippen LogP contribution in [0.1, 0.15) is 17.2 Å². The Bertz CT molecular complexity index is 602. The van der Waals surface area contributed by atoms with Crippen molar-refractivity contribution in [2.24, 2.45) is 0 Å². The highest BCUT2D eigenvalue weighted by Gasteiger charge is 2.20. The summed E-state index contributed by atoms with van der Waals surface area (Å²) in [5.74, 6) is 2.17. The maximum absolute atomic E-state index is 6.25. The normalized spacial score (nSPS) is 17.9. The van der Waals surface area contributed by atoms with Crippen molar-refractivity contribution in [3.63, 3.8) is 0 Å². The molecule has 1 nitrogen and oxygen atoms in total. The molecule has 4 heteroatoms. The Morgan fingerprint density at radius 2 is 2.05 bits per heavy atom. The molecule has 1 heterocycles. The first-order chi connectivity index (χ1) is 9.24. The largest absolute Gasteiger partial charge is 0.376 e. The van der Waals surface area contributed by atoms with Crippen molar-refractivity contribution in [2.45, 2.75) is 11.8 Å². The van der Waals surface area contributed by atoms with Crippen LogP contribution in [0.3, 0.4) is 0 Å². The Morgan fingerprint density at radius 3 is 2.95 bits per heavy atom. The highest BCUT2D eigenvalue weighted by molar-refractivity contribution is 9.10. The highest BCUT2D eigenvalue weighted by Crippen LogP contribution is 2.36. The van der Waals surface area contributed by atoms with Gasteiger partial charge in [0.1, 0.15) is 0 Å². The molecule has 0 saturated carbocycles. The van der Waals surface area contributed by atoms with Gasteiger partial charge in [0.15, 0.2) is 0 Å². The Kier molecular flexibility index (Phi) is 4.06. The predicted octanol–water partition coefficient (Wildman–Crippen LogP) is 5.50. The number of rotatable bonds is 2. The summed E-state index contributed by atoms with van der Waals surface area (Å²) in [7, 11) is 0. The number of benzene rings is 2. The number of hydrogen-bond acceptors (Lipinski definition) is 2. The van der Waals surface area contributed by atoms with E-state index < -0.39 is 0 Å². The van der Waals surface area contributed by atoms with Gasteiger partial charge in [0, 0.05) is 16.0 Å². The van der Waals surface area contributed by atoms with E-state index in [0.29, 0.717) is 6.04 Å². The van der Waals surface area contributed by atoms with E-state index in [1.54, 1.807) is 0 Å². The Labute approximate surface area is 130 Å². The zero-order valence-electron chi connectivity index (χ0n) is 10.2. The van der Waals surface area contributed by atoms with E-state index in [4.69, 9.17) is 11.6 Å². The van der Waals surface area contributed by atoms with E-state index >= 15 is 0 Å². The molecule has 1 unspecified atom stereocenters. The molecule has 1 atom stereocenters. The fraction of sp³-hybridized carbons (Fsp3) is 0.200. The molecule has 1 N–H and O–H groups in total. The molecule has 98 valence electrons. The third-order valence-electron chi connectivity index (χ3n) is 3.23. The van der Waals surface area contributed by atoms with Crippen molar-refractivity contribution in [3.05, 3.63) is 63.1 Å². The molecule has 2 aromatic rings. The van der Waals surface area contributed by atoms with Gasteiger partial charge in [-0.15, -0.1) is 0 Å². The van der Waals surface area contributed by atoms with Gasteiger partial charge in [0.2, 0.25) is 0 Å². The van der Waals surface area contributed by atoms with E-state index in [-0.39, 0.29) is 0 Å². The van der Waals surface area contributed by atoms with Crippen LogP contribution < -0.4 is 5.32 Å². The van der Waals surface area contributed by atoms with Crippen molar-refractivity contribution in [3.8, 4) is 0 Å². The fourth-order valence-electron chi connectivity index (χ4n) is 2.30. The molecule has 0 aromatic heterocycles. The van der Waals surface area contributed by atoms with Gasteiger partial charge in [-0.05, 0) is 29.3 Å². The van der Waals surface area contributed by atoms with Crippen molar-refractivity contribution in [1.82, 2.24) is 0 Å². The predicted molar refractivity (Wildman–Crippen MR) is 88.1 cm³/mol. The van der Waals surface area contributed by atoms with Crippen LogP contribution in [0.5, 0.6) is 0 Å². The van der Waals surface area contributed by atoms with Gasteiger partial charge >= 0.3 is 0 Å². The summed E-state index contributed by atoms with van der Waals surface area (Å²) in [5, 5.41) is 4.32. The lowest BCUT2D eigenvalue weighted by Crippen LogP contribution is -2.18. The van der Waals surface area contributed by atoms with Crippen LogP contribution in [0.2, 0.25) is 5.02 Å². The fourth-order valence-corrected chi connectivity index (χ4v) is 3.93. The van der Waals surface area contributed by atoms with E-state index in [9.17, 15) is 0 Å². The van der Waals surface area contributed by atoms with Crippen LogP contribution in [0.4, 0.5) is 5.69 Å². The van der Waals surface area contributed by atoms with Crippen LogP contribution in [0, 0.1) is 0 Å². The average molecular weight is 355 g/mol. The number of fused-ring (bicyclic) bond motifs is 1. The van der Waals surface area contributed by atoms with Crippen LogP contribution in [-0.2, 0) is 5.75 Å². The lowest BCUT2D eigenvalue weighted by atomic mass is 10.0. The van der Waals surface area contributed by atoms with E-state index in [0.717, 1.165) is 26.7 Å². The minimum Gasteiger partial charge on any atom is -0.376 e. The molecule has 0 amide bonds. The molecule has 0 fully saturated rings. The SMILES string of the molecule is Clc1ccc(Br)cc1NC1CSCc2ccccc21. The minimum absolute atomic E-state index is 0.321. The second-order valence-corrected chi connectivity index (χ2v) is 6.89. The van der Waals surface area contributed by atoms with Gasteiger partial charge in [-0.2, -0.15) is 11.8 Å². The van der Waals surface area contributed by atoms with E-state index in [1.165, 1.54) is 11.1 Å². The molecule has 0 spiro atoms. The van der Waals surface area contributed by atoms with Gasteiger partial charge < -0.3 is 5.32 Å². The topological polar surface area (TPSA) is 12.0 Å². The summed E-state index contributed by atoms with van der Waals surface area (Å²) in [6.07, 6.45) is 0. The average Bonchev–Trinajstić information content (AvgIpc) is 2.43. The van der Waals surface area contributed by atoms with Crippen molar-refractivity contribution in [2.75, 3.05) is 11.1 Å². The molecule has 0 saturated heterocycles. The van der Waals surface area contributed by atoms with Crippen LogP contribution in [0.15, 0.2) is 46.9 Å². The lowest BCUT2D eigenvalue weighted by molar-refractivity contribution is 0.871. The third-order valence-corrected chi connectivity index (χ3v) is 5.14. The van der Waals surface area contributed by atoms with Crippen LogP contribution in [0.25, 0.3) is 0 Å². The Balaban J connectivity index is 1.90. The van der Waals surface area contributed by atoms with Gasteiger partial charge in [0.25, 0.3) is 0 Å². The molecule has 2 aromatic carbocycles. The first kappa shape index (κ1) is 13.3. The second kappa shape index (κ2) is 5.78. The standard InChI is InChI=1S/C15H13BrClNS/c16-11-5-6-13(17)14(7-11)18-15-9-19-8-10-3-1-2-4-12(10)15/h1-7,15,18H,8-9H2. The second-order valence-electron chi connectivity index (χ2n) is 4.54. The van der Waals surface area contributed by atoms with Crippen LogP contribution >= 0.6 is 39.3 Å². The summed E-state index contributed by atoms with van der Waals surface area (Å²) in [5.41, 5.74) is 3.79. The van der Waals surface area contributed by atoms with Crippen molar-refractivity contribution >= 4 is 45.0 Å². The first-order valence-corrected chi connectivity index (χ1v) is 8.44. The summed E-state index contributed by atoms with van der Waals surface area (Å²) < 4.78 is 1.04. The summed E-state index contributed by atoms with van der Waals surface area (Å²) in [6, 6.07) is 14.8. The number of hydrogen-bond donors (Lipinski definition) is 1. The van der Waals surface area contributed by atoms with Gasteiger partial charge in [-0.25, -0.2) is 0 Å². The highest BCUT2D eigenvalue weighted by atomic mass is 79.9. The molecule has 19 heavy (non-hydrogen) atoms. The molecule has 0 aliphatic carbocycles. The lowest BCUT2D eigenvalue weighted by Gasteiger charge is -2.27. The number of nitrogens with one attached hydrogen (secondary N) is 1. The van der Waals surface area contributed by atoms with Crippen molar-refractivity contribution < 1.29 is 0 Å². The Hall–Kier alpha value is -0.640. The zero-order valence-corrected chi connectivity index (χ0v) is 13.4. The smallest absolute Gasteiger partial charge is 0.0638 e. The summed E-state index contributed by atoms with van der Waals surface area (Å²) in [6.45, 7) is 0. The summed E-state index contributed by atoms with van der Waals surface area (Å²) in [4.78, 5) is 0. The van der Waals surface area contributed by atoms with E-state index in [2.05, 4.69) is 45.5 Å². The molecule has 1 aliphatic rings. The number of halogens is 2. The first-order valence-electron chi connectivity index (χ1n) is 6.11. The number of anilines is 1. The van der Waals surface area contributed by atoms with Gasteiger partial charge in [-0.3, -0.25) is 0 Å². The van der Waals surface area contributed by atoms with Crippen molar-refractivity contribution in [1.29, 1.82) is 0 Å². The van der Waals surface area contributed by atoms with Gasteiger partial charge in [0.05, 0.1) is 16.8 Å². The quantitative estimate of drug-likeness (QED) is 0.764. The monoisotopic (exact) mass is 353 g/mol. The zero-order chi connectivity index (χ0) is 13.2. The van der Waals surface area contributed by atoms with E-state index in [1.807, 2.05) is 30.0 Å². The van der Waals surface area contributed by atoms with Crippen LogP contribution in [-0.4, -0.2) is 5.75 Å². The number of thioether (sulfide) groups is 1. The third kappa shape index (κ3) is 2.93. The molecular formula is C15H13BrClNS. The molecule has 3 rings (SSSR count). The molecular weight excluding hydrogens is 342 g/mol. The molecule has 0 radical (unpaired) electrons. The maximum atomic E-state index is 6.25. The molecule has 1 aliphatic heterocycles. The van der Waals surface area contributed by atoms with Gasteiger partial charge in [-0.1, -0.05) is 51.8 Å². The Morgan fingerprint density at radius 1 is 1.21 bits per heavy atom. The minimum atomic E-state index is 0.321. The maximum Gasteiger partial charge on any atom is 0.0638 e.